The van der Waals surface area contributed by atoms with Crippen molar-refractivity contribution in [3.63, 3.8) is 0 Å². The molecule has 0 spiro atoms. The van der Waals surface area contributed by atoms with Gasteiger partial charge < -0.3 is 14.7 Å². The number of carboxylic acids is 1. The third-order valence-electron chi connectivity index (χ3n) is 1.94. The Hall–Kier alpha value is -1.47. The lowest BCUT2D eigenvalue weighted by molar-refractivity contribution is -0.163. The smallest absolute Gasteiger partial charge is 0.422 e. The van der Waals surface area contributed by atoms with Crippen molar-refractivity contribution in [1.82, 2.24) is 4.90 Å². The number of ether oxygens (including phenoxy) is 1. The van der Waals surface area contributed by atoms with Crippen LogP contribution in [0.5, 0.6) is 0 Å². The lowest BCUT2D eigenvalue weighted by Crippen LogP contribution is -2.47. The highest BCUT2D eigenvalue weighted by atomic mass is 19.4. The second-order valence-electron chi connectivity index (χ2n) is 4.64. The summed E-state index contributed by atoms with van der Waals surface area (Å²) in [5.74, 6) is -1.15. The highest BCUT2D eigenvalue weighted by Crippen LogP contribution is 2.19. The summed E-state index contributed by atoms with van der Waals surface area (Å²) in [6.07, 6.45) is -6.15. The summed E-state index contributed by atoms with van der Waals surface area (Å²) in [4.78, 5) is 22.8. The molecule has 0 aromatic carbocycles. The molecule has 0 atom stereocenters. The maximum atomic E-state index is 11.9. The predicted molar refractivity (Wildman–Crippen MR) is 56.1 cm³/mol. The van der Waals surface area contributed by atoms with Crippen LogP contribution in [0.4, 0.5) is 18.0 Å². The lowest BCUT2D eigenvalue weighted by atomic mass is 10.1. The maximum absolute atomic E-state index is 11.9. The van der Waals surface area contributed by atoms with Gasteiger partial charge in [-0.1, -0.05) is 0 Å². The first-order chi connectivity index (χ1) is 7.93. The second-order valence-corrected chi connectivity index (χ2v) is 4.64. The van der Waals surface area contributed by atoms with Gasteiger partial charge in [0, 0.05) is 12.1 Å². The fourth-order valence-electron chi connectivity index (χ4n) is 1.13. The van der Waals surface area contributed by atoms with E-state index < -0.39 is 30.4 Å². The zero-order valence-electron chi connectivity index (χ0n) is 10.4. The van der Waals surface area contributed by atoms with Crippen LogP contribution in [0.15, 0.2) is 0 Å². The van der Waals surface area contributed by atoms with E-state index in [9.17, 15) is 22.8 Å². The fourth-order valence-corrected chi connectivity index (χ4v) is 1.13. The number of hydrogen-bond donors (Lipinski definition) is 1. The molecule has 0 aromatic heterocycles. The van der Waals surface area contributed by atoms with Gasteiger partial charge in [0.1, 0.15) is 0 Å². The first-order valence-electron chi connectivity index (χ1n) is 5.16. The molecule has 106 valence electrons. The topological polar surface area (TPSA) is 66.8 Å². The van der Waals surface area contributed by atoms with Gasteiger partial charge in [0.25, 0.3) is 0 Å². The third kappa shape index (κ3) is 6.97. The molecule has 5 nitrogen and oxygen atoms in total. The largest absolute Gasteiger partial charge is 0.481 e. The Morgan fingerprint density at radius 2 is 1.72 bits per heavy atom. The van der Waals surface area contributed by atoms with Crippen molar-refractivity contribution in [1.29, 1.82) is 0 Å². The first-order valence-corrected chi connectivity index (χ1v) is 5.16. The van der Waals surface area contributed by atoms with Crippen LogP contribution in [0.2, 0.25) is 0 Å². The fraction of sp³-hybridized carbons (Fsp3) is 0.800. The second kappa shape index (κ2) is 5.92. The van der Waals surface area contributed by atoms with Gasteiger partial charge in [0.2, 0.25) is 0 Å². The van der Waals surface area contributed by atoms with E-state index in [4.69, 9.17) is 5.11 Å². The predicted octanol–water partition coefficient (Wildman–Crippen LogP) is 2.26. The minimum atomic E-state index is -4.61. The van der Waals surface area contributed by atoms with Gasteiger partial charge >= 0.3 is 18.2 Å². The standard InChI is InChI=1S/C10H16F3NO4/c1-9(2,3)14(5-4-7(15)16)8(17)18-6-10(11,12)13/h4-6H2,1-3H3,(H,15,16). The normalized spacial score (nSPS) is 12.1. The number of halogens is 3. The average Bonchev–Trinajstić information content (AvgIpc) is 2.11. The van der Waals surface area contributed by atoms with Crippen molar-refractivity contribution in [2.24, 2.45) is 0 Å². The van der Waals surface area contributed by atoms with E-state index in [1.807, 2.05) is 0 Å². The summed E-state index contributed by atoms with van der Waals surface area (Å²) < 4.78 is 39.8. The summed E-state index contributed by atoms with van der Waals surface area (Å²) in [6.45, 7) is 2.82. The van der Waals surface area contributed by atoms with Crippen molar-refractivity contribution in [2.75, 3.05) is 13.2 Å². The van der Waals surface area contributed by atoms with Crippen LogP contribution >= 0.6 is 0 Å². The van der Waals surface area contributed by atoms with E-state index in [-0.39, 0.29) is 13.0 Å². The summed E-state index contributed by atoms with van der Waals surface area (Å²) in [7, 11) is 0. The number of carbonyl (C=O) groups is 2. The average molecular weight is 271 g/mol. The molecule has 0 heterocycles. The monoisotopic (exact) mass is 271 g/mol. The molecule has 0 saturated carbocycles. The van der Waals surface area contributed by atoms with Crippen molar-refractivity contribution in [3.05, 3.63) is 0 Å². The molecular weight excluding hydrogens is 255 g/mol. The number of aliphatic carboxylic acids is 1. The molecule has 0 aliphatic heterocycles. The molecule has 0 radical (unpaired) electrons. The Morgan fingerprint density at radius 3 is 2.06 bits per heavy atom. The zero-order chi connectivity index (χ0) is 14.6. The molecule has 0 aliphatic rings. The van der Waals surface area contributed by atoms with Crippen molar-refractivity contribution < 1.29 is 32.6 Å². The van der Waals surface area contributed by atoms with E-state index in [1.54, 1.807) is 20.8 Å². The van der Waals surface area contributed by atoms with Gasteiger partial charge in [-0.05, 0) is 20.8 Å². The lowest BCUT2D eigenvalue weighted by Gasteiger charge is -2.34. The Bertz CT molecular complexity index is 309. The number of nitrogens with zero attached hydrogens (tertiary/aromatic N) is 1. The number of carboxylic acid groups (broad SMARTS) is 1. The molecule has 0 saturated heterocycles. The highest BCUT2D eigenvalue weighted by Gasteiger charge is 2.33. The number of alkyl halides is 3. The van der Waals surface area contributed by atoms with Crippen molar-refractivity contribution in [3.8, 4) is 0 Å². The summed E-state index contributed by atoms with van der Waals surface area (Å²) in [5.41, 5.74) is -0.821. The molecule has 0 aromatic rings. The minimum Gasteiger partial charge on any atom is -0.481 e. The molecular formula is C10H16F3NO4. The summed E-state index contributed by atoms with van der Waals surface area (Å²) in [5, 5.41) is 8.51. The van der Waals surface area contributed by atoms with E-state index in [0.717, 1.165) is 4.90 Å². The zero-order valence-corrected chi connectivity index (χ0v) is 10.4. The molecule has 0 bridgehead atoms. The van der Waals surface area contributed by atoms with Gasteiger partial charge in [0.15, 0.2) is 6.61 Å². The van der Waals surface area contributed by atoms with Gasteiger partial charge in [-0.25, -0.2) is 4.79 Å². The maximum Gasteiger partial charge on any atom is 0.422 e. The van der Waals surface area contributed by atoms with Crippen LogP contribution in [0.3, 0.4) is 0 Å². The summed E-state index contributed by atoms with van der Waals surface area (Å²) >= 11 is 0. The quantitative estimate of drug-likeness (QED) is 0.851. The van der Waals surface area contributed by atoms with Gasteiger partial charge in [0.05, 0.1) is 6.42 Å². The van der Waals surface area contributed by atoms with Crippen LogP contribution in [0.25, 0.3) is 0 Å². The van der Waals surface area contributed by atoms with Gasteiger partial charge in [-0.15, -0.1) is 0 Å². The van der Waals surface area contributed by atoms with Gasteiger partial charge in [-0.2, -0.15) is 13.2 Å². The van der Waals surface area contributed by atoms with E-state index >= 15 is 0 Å². The highest BCUT2D eigenvalue weighted by molar-refractivity contribution is 5.71. The van der Waals surface area contributed by atoms with Crippen LogP contribution in [0, 0.1) is 0 Å². The molecule has 8 heteroatoms. The van der Waals surface area contributed by atoms with E-state index in [2.05, 4.69) is 4.74 Å². The molecule has 0 unspecified atom stereocenters. The molecule has 1 amide bonds. The number of carbonyl (C=O) groups excluding carboxylic acids is 1. The summed E-state index contributed by atoms with van der Waals surface area (Å²) in [6, 6.07) is 0. The third-order valence-corrected chi connectivity index (χ3v) is 1.94. The Morgan fingerprint density at radius 1 is 1.22 bits per heavy atom. The number of amides is 1. The number of rotatable bonds is 4. The van der Waals surface area contributed by atoms with E-state index in [0.29, 0.717) is 0 Å². The van der Waals surface area contributed by atoms with Crippen LogP contribution < -0.4 is 0 Å². The van der Waals surface area contributed by atoms with Crippen LogP contribution in [-0.2, 0) is 9.53 Å². The molecule has 0 rings (SSSR count). The van der Waals surface area contributed by atoms with Gasteiger partial charge in [-0.3, -0.25) is 4.79 Å². The molecule has 18 heavy (non-hydrogen) atoms. The van der Waals surface area contributed by atoms with Crippen molar-refractivity contribution >= 4 is 12.1 Å². The Balaban J connectivity index is 4.56. The van der Waals surface area contributed by atoms with Crippen LogP contribution in [-0.4, -0.2) is 46.9 Å². The first kappa shape index (κ1) is 16.5. The van der Waals surface area contributed by atoms with E-state index in [1.165, 1.54) is 0 Å². The Labute approximate surface area is 103 Å². The molecule has 0 aliphatic carbocycles. The Kier molecular flexibility index (Phi) is 5.44. The van der Waals surface area contributed by atoms with Crippen molar-refractivity contribution in [2.45, 2.75) is 38.9 Å². The number of hydrogen-bond acceptors (Lipinski definition) is 3. The molecule has 1 N–H and O–H groups in total. The SMILES string of the molecule is CC(C)(C)N(CCC(=O)O)C(=O)OCC(F)(F)F. The van der Waals surface area contributed by atoms with Crippen LogP contribution in [0.1, 0.15) is 27.2 Å². The minimum absolute atomic E-state index is 0.213. The molecule has 0 fully saturated rings.